The third kappa shape index (κ3) is 3.77. The van der Waals surface area contributed by atoms with E-state index >= 15 is 0 Å². The minimum atomic E-state index is -2.27. The largest absolute Gasteiger partial charge is 0.199 e. The minimum absolute atomic E-state index is 0.165. The minimum Gasteiger partial charge on any atom is -0.0870 e. The van der Waals surface area contributed by atoms with Gasteiger partial charge in [-0.1, -0.05) is 116 Å². The molecule has 0 amide bonds. The summed E-state index contributed by atoms with van der Waals surface area (Å²) in [4.78, 5) is 0. The van der Waals surface area contributed by atoms with Gasteiger partial charge in [0.1, 0.15) is 0 Å². The molecule has 0 spiro atoms. The van der Waals surface area contributed by atoms with Crippen LogP contribution in [0.15, 0.2) is 20.1 Å². The summed E-state index contributed by atoms with van der Waals surface area (Å²) in [6.07, 6.45) is 0. The maximum absolute atomic E-state index is 8.34. The van der Waals surface area contributed by atoms with Crippen molar-refractivity contribution < 1.29 is 1.37 Å². The molecule has 1 aliphatic carbocycles. The Kier molecular flexibility index (Phi) is 5.81. The fourth-order valence-electron chi connectivity index (χ4n) is 1.30. The van der Waals surface area contributed by atoms with E-state index in [0.29, 0.717) is 0 Å². The van der Waals surface area contributed by atoms with Crippen LogP contribution in [0.25, 0.3) is 0 Å². The van der Waals surface area contributed by atoms with E-state index in [9.17, 15) is 0 Å². The van der Waals surface area contributed by atoms with E-state index in [2.05, 4.69) is 0 Å². The van der Waals surface area contributed by atoms with Crippen LogP contribution in [0, 0.1) is 11.8 Å². The second kappa shape index (κ2) is 6.24. The zero-order valence-electron chi connectivity index (χ0n) is 8.86. The lowest BCUT2D eigenvalue weighted by Crippen LogP contribution is -2.38. The molecule has 10 heteroatoms. The Hall–Kier alpha value is 2.38. The topological polar surface area (TPSA) is 0 Å². The number of halogens is 10. The maximum atomic E-state index is 8.34. The van der Waals surface area contributed by atoms with Crippen LogP contribution in [0.1, 0.15) is 1.37 Å². The Morgan fingerprint density at radius 1 is 0.722 bits per heavy atom. The van der Waals surface area contributed by atoms with Crippen LogP contribution >= 0.6 is 116 Å². The van der Waals surface area contributed by atoms with Crippen molar-refractivity contribution in [2.45, 2.75) is 7.59 Å². The molecule has 0 radical (unpaired) electrons. The van der Waals surface area contributed by atoms with Gasteiger partial charge in [-0.05, 0) is 0 Å². The number of rotatable bonds is 0. The predicted molar refractivity (Wildman–Crippen MR) is 85.0 cm³/mol. The third-order valence-electron chi connectivity index (χ3n) is 2.01. The van der Waals surface area contributed by atoms with Crippen molar-refractivity contribution in [1.82, 2.24) is 0 Å². The Labute approximate surface area is 155 Å². The highest BCUT2D eigenvalue weighted by molar-refractivity contribution is 6.70. The van der Waals surface area contributed by atoms with Gasteiger partial charge in [-0.3, -0.25) is 0 Å². The molecule has 0 aliphatic heterocycles. The van der Waals surface area contributed by atoms with Gasteiger partial charge in [0.15, 0.2) is 7.59 Å². The molecule has 0 aromatic carbocycles. The first-order valence-electron chi connectivity index (χ1n) is 4.51. The monoisotopic (exact) mass is 449 g/mol. The van der Waals surface area contributed by atoms with Crippen LogP contribution in [0.4, 0.5) is 0 Å². The maximum Gasteiger partial charge on any atom is 0.199 e. The summed E-state index contributed by atoms with van der Waals surface area (Å²) in [5, 5.41) is -1.00. The Morgan fingerprint density at radius 2 is 1.11 bits per heavy atom. The molecule has 0 saturated carbocycles. The fourth-order valence-corrected chi connectivity index (χ4v) is 4.09. The number of hydrogen-bond acceptors (Lipinski definition) is 0. The summed E-state index contributed by atoms with van der Waals surface area (Å²) in [5.74, 6) is -3.63. The number of allylic oxidation sites excluding steroid dienone is 4. The van der Waals surface area contributed by atoms with Gasteiger partial charge in [0, 0.05) is 11.4 Å². The van der Waals surface area contributed by atoms with Crippen molar-refractivity contribution >= 4 is 116 Å². The Balaban J connectivity index is 3.69. The molecule has 0 aromatic rings. The molecule has 0 N–H and O–H groups in total. The highest BCUT2D eigenvalue weighted by atomic mass is 35.6. The molecule has 104 valence electrons. The zero-order chi connectivity index (χ0) is 15.4. The first-order chi connectivity index (χ1) is 8.26. The first kappa shape index (κ1) is 16.7. The lowest BCUT2D eigenvalue weighted by atomic mass is 9.89. The second-order valence-corrected chi connectivity index (χ2v) is 9.37. The van der Waals surface area contributed by atoms with E-state index in [1.807, 2.05) is 0 Å². The van der Waals surface area contributed by atoms with Crippen LogP contribution in [0.2, 0.25) is 0 Å². The summed E-state index contributed by atoms with van der Waals surface area (Å²) in [6.45, 7) is 0. The zero-order valence-corrected chi connectivity index (χ0v) is 15.4. The Bertz CT molecular complexity index is 455. The molecule has 1 aliphatic rings. The molecule has 0 heterocycles. The number of alkyl halides is 6. The van der Waals surface area contributed by atoms with Crippen LogP contribution in [0.5, 0.6) is 0 Å². The summed E-state index contributed by atoms with van der Waals surface area (Å²) >= 11 is 58.5. The molecular weight excluding hydrogens is 451 g/mol. The van der Waals surface area contributed by atoms with Gasteiger partial charge in [0.05, 0.1) is 21.9 Å². The quantitative estimate of drug-likeness (QED) is 0.336. The van der Waals surface area contributed by atoms with Gasteiger partial charge in [-0.25, -0.2) is 0 Å². The van der Waals surface area contributed by atoms with Gasteiger partial charge in [-0.15, -0.1) is 0 Å². The standard InChI is InChI=1S/C8H2Cl10/c9-3-1(7(13,14)15)2(8(16,17)18)4(10)6(12)5(3)11/h1-2H/i1D. The highest BCUT2D eigenvalue weighted by Gasteiger charge is 2.53. The smallest absolute Gasteiger partial charge is 0.0870 e. The molecule has 2 unspecified atom stereocenters. The second-order valence-electron chi connectivity index (χ2n) is 3.18. The lowest BCUT2D eigenvalue weighted by molar-refractivity contribution is 0.465. The van der Waals surface area contributed by atoms with Crippen molar-refractivity contribution in [2.75, 3.05) is 0 Å². The van der Waals surface area contributed by atoms with Gasteiger partial charge in [0.2, 0.25) is 0 Å². The van der Waals surface area contributed by atoms with E-state index in [0.717, 1.165) is 0 Å². The first-order valence-corrected chi connectivity index (χ1v) is 7.79. The van der Waals surface area contributed by atoms with Crippen LogP contribution in [0.3, 0.4) is 0 Å². The molecule has 0 nitrogen and oxygen atoms in total. The average molecular weight is 454 g/mol. The van der Waals surface area contributed by atoms with Crippen LogP contribution < -0.4 is 0 Å². The van der Waals surface area contributed by atoms with Gasteiger partial charge in [-0.2, -0.15) is 0 Å². The summed E-state index contributed by atoms with van der Waals surface area (Å²) in [7, 11) is 0. The van der Waals surface area contributed by atoms with Crippen LogP contribution in [-0.2, 0) is 0 Å². The van der Waals surface area contributed by atoms with Crippen molar-refractivity contribution in [3.63, 3.8) is 0 Å². The summed E-state index contributed by atoms with van der Waals surface area (Å²) in [6, 6.07) is 0. The van der Waals surface area contributed by atoms with E-state index < -0.39 is 19.4 Å². The molecule has 0 saturated heterocycles. The van der Waals surface area contributed by atoms with Gasteiger partial charge >= 0.3 is 0 Å². The van der Waals surface area contributed by atoms with E-state index in [-0.39, 0.29) is 20.1 Å². The average Bonchev–Trinajstić information content (AvgIpc) is 2.20. The van der Waals surface area contributed by atoms with Crippen LogP contribution in [-0.4, -0.2) is 7.59 Å². The van der Waals surface area contributed by atoms with Gasteiger partial charge < -0.3 is 0 Å². The molecule has 0 bridgehead atoms. The highest BCUT2D eigenvalue weighted by Crippen LogP contribution is 2.59. The molecular formula is C8H2Cl10. The van der Waals surface area contributed by atoms with Crippen molar-refractivity contribution in [3.8, 4) is 0 Å². The summed E-state index contributed by atoms with van der Waals surface area (Å²) < 4.78 is 3.98. The van der Waals surface area contributed by atoms with Crippen molar-refractivity contribution in [2.24, 2.45) is 11.8 Å². The van der Waals surface area contributed by atoms with E-state index in [4.69, 9.17) is 117 Å². The molecule has 0 fully saturated rings. The molecule has 0 aromatic heterocycles. The number of hydrogen-bond donors (Lipinski definition) is 0. The van der Waals surface area contributed by atoms with Gasteiger partial charge in [0.25, 0.3) is 0 Å². The van der Waals surface area contributed by atoms with E-state index in [1.165, 1.54) is 0 Å². The van der Waals surface area contributed by atoms with Crippen molar-refractivity contribution in [3.05, 3.63) is 20.1 Å². The van der Waals surface area contributed by atoms with E-state index in [1.54, 1.807) is 0 Å². The third-order valence-corrected chi connectivity index (χ3v) is 5.13. The normalized spacial score (nSPS) is 31.9. The fraction of sp³-hybridized carbons (Fsp3) is 0.500. The SMILES string of the molecule is [2H]C1(C(Cl)(Cl)Cl)C(Cl)=C(Cl)C(Cl)=C(Cl)C1C(Cl)(Cl)Cl. The Morgan fingerprint density at radius 3 is 1.44 bits per heavy atom. The van der Waals surface area contributed by atoms with Crippen molar-refractivity contribution in [1.29, 1.82) is 0 Å². The molecule has 18 heavy (non-hydrogen) atoms. The molecule has 2 atom stereocenters. The predicted octanol–water partition coefficient (Wildman–Crippen LogP) is 7.35. The summed E-state index contributed by atoms with van der Waals surface area (Å²) in [5.41, 5.74) is 0. The lowest BCUT2D eigenvalue weighted by Gasteiger charge is -2.38. The molecule has 1 rings (SSSR count).